The summed E-state index contributed by atoms with van der Waals surface area (Å²) in [6.07, 6.45) is 0. The van der Waals surface area contributed by atoms with Gasteiger partial charge in [0.25, 0.3) is 0 Å². The van der Waals surface area contributed by atoms with E-state index < -0.39 is 0 Å². The van der Waals surface area contributed by atoms with Crippen molar-refractivity contribution in [3.05, 3.63) is 70.2 Å². The van der Waals surface area contributed by atoms with Gasteiger partial charge in [-0.15, -0.1) is 0 Å². The van der Waals surface area contributed by atoms with Crippen LogP contribution >= 0.6 is 23.2 Å². The maximum atomic E-state index is 13.7. The molecule has 2 N–H and O–H groups in total. The Bertz CT molecular complexity index is 825. The van der Waals surface area contributed by atoms with Crippen molar-refractivity contribution in [3.63, 3.8) is 0 Å². The molecule has 0 saturated carbocycles. The summed E-state index contributed by atoms with van der Waals surface area (Å²) in [5.41, 5.74) is 1.05. The van der Waals surface area contributed by atoms with E-state index in [4.69, 9.17) is 27.6 Å². The van der Waals surface area contributed by atoms with Crippen LogP contribution in [0, 0.1) is 5.82 Å². The molecule has 0 radical (unpaired) electrons. The number of anilines is 1. The van der Waals surface area contributed by atoms with Crippen molar-refractivity contribution >= 4 is 28.9 Å². The zero-order chi connectivity index (χ0) is 16.4. The summed E-state index contributed by atoms with van der Waals surface area (Å²) in [6.45, 7) is 0.367. The van der Waals surface area contributed by atoms with Crippen LogP contribution in [0.25, 0.3) is 11.3 Å². The van der Waals surface area contributed by atoms with E-state index in [-0.39, 0.29) is 21.6 Å². The quantitative estimate of drug-likeness (QED) is 0.591. The van der Waals surface area contributed by atoms with E-state index in [0.717, 1.165) is 0 Å². The summed E-state index contributed by atoms with van der Waals surface area (Å²) in [7, 11) is 0. The van der Waals surface area contributed by atoms with Crippen LogP contribution in [0.2, 0.25) is 10.0 Å². The van der Waals surface area contributed by atoms with Crippen LogP contribution in [-0.4, -0.2) is 5.11 Å². The summed E-state index contributed by atoms with van der Waals surface area (Å²) < 4.78 is 19.4. The van der Waals surface area contributed by atoms with E-state index in [0.29, 0.717) is 29.3 Å². The van der Waals surface area contributed by atoms with Crippen molar-refractivity contribution in [1.29, 1.82) is 0 Å². The van der Waals surface area contributed by atoms with Gasteiger partial charge in [0.2, 0.25) is 0 Å². The molecule has 3 aromatic rings. The van der Waals surface area contributed by atoms with E-state index in [2.05, 4.69) is 5.32 Å². The van der Waals surface area contributed by atoms with Crippen LogP contribution in [0.15, 0.2) is 52.9 Å². The molecule has 0 aliphatic carbocycles. The van der Waals surface area contributed by atoms with Crippen LogP contribution in [0.4, 0.5) is 10.1 Å². The number of phenolic OH excluding ortho intramolecular Hbond substituents is 1. The second kappa shape index (κ2) is 6.52. The Morgan fingerprint density at radius 3 is 2.43 bits per heavy atom. The van der Waals surface area contributed by atoms with Crippen LogP contribution in [0.1, 0.15) is 5.76 Å². The molecule has 3 rings (SSSR count). The minimum Gasteiger partial charge on any atom is -0.505 e. The molecule has 3 nitrogen and oxygen atoms in total. The first-order valence-electron chi connectivity index (χ1n) is 6.80. The zero-order valence-corrected chi connectivity index (χ0v) is 13.3. The van der Waals surface area contributed by atoms with E-state index in [1.54, 1.807) is 42.5 Å². The summed E-state index contributed by atoms with van der Waals surface area (Å²) in [5, 5.41) is 12.9. The number of hydrogen-bond donors (Lipinski definition) is 2. The molecule has 1 heterocycles. The summed E-state index contributed by atoms with van der Waals surface area (Å²) in [4.78, 5) is 0. The van der Waals surface area contributed by atoms with Gasteiger partial charge < -0.3 is 14.8 Å². The summed E-state index contributed by atoms with van der Waals surface area (Å²) >= 11 is 11.7. The number of rotatable bonds is 4. The van der Waals surface area contributed by atoms with E-state index in [1.807, 2.05) is 0 Å². The molecular weight excluding hydrogens is 340 g/mol. The summed E-state index contributed by atoms with van der Waals surface area (Å²) in [5.74, 6) is 0.599. The highest BCUT2D eigenvalue weighted by atomic mass is 35.5. The highest BCUT2D eigenvalue weighted by Crippen LogP contribution is 2.35. The van der Waals surface area contributed by atoms with Crippen molar-refractivity contribution in [3.8, 4) is 17.1 Å². The Morgan fingerprint density at radius 1 is 1.04 bits per heavy atom. The molecule has 0 spiro atoms. The number of halogens is 3. The Labute approximate surface area is 142 Å². The highest BCUT2D eigenvalue weighted by molar-refractivity contribution is 6.37. The number of aromatic hydroxyl groups is 1. The number of furan rings is 1. The van der Waals surface area contributed by atoms with E-state index in [9.17, 15) is 9.50 Å². The second-order valence-corrected chi connectivity index (χ2v) is 5.70. The third-order valence-electron chi connectivity index (χ3n) is 3.28. The van der Waals surface area contributed by atoms with Crippen molar-refractivity contribution < 1.29 is 13.9 Å². The molecule has 0 amide bonds. The van der Waals surface area contributed by atoms with Crippen molar-refractivity contribution in [2.45, 2.75) is 6.54 Å². The fourth-order valence-electron chi connectivity index (χ4n) is 2.14. The SMILES string of the molecule is Oc1c(Cl)cc(NCc2ccc(-c3ccccc3F)o2)cc1Cl. The van der Waals surface area contributed by atoms with Gasteiger partial charge in [-0.25, -0.2) is 4.39 Å². The standard InChI is InChI=1S/C17H12Cl2FNO2/c18-13-7-10(8-14(19)17(13)22)21-9-11-5-6-16(23-11)12-3-1-2-4-15(12)20/h1-8,21-22H,9H2. The predicted octanol–water partition coefficient (Wildman–Crippen LogP) is 5.71. The van der Waals surface area contributed by atoms with Gasteiger partial charge >= 0.3 is 0 Å². The molecule has 0 saturated heterocycles. The van der Waals surface area contributed by atoms with Gasteiger partial charge in [0.1, 0.15) is 17.3 Å². The molecule has 0 unspecified atom stereocenters. The van der Waals surface area contributed by atoms with Crippen LogP contribution in [-0.2, 0) is 6.54 Å². The van der Waals surface area contributed by atoms with Gasteiger partial charge in [-0.3, -0.25) is 0 Å². The normalized spacial score (nSPS) is 10.7. The molecule has 118 valence electrons. The predicted molar refractivity (Wildman–Crippen MR) is 89.6 cm³/mol. The van der Waals surface area contributed by atoms with Gasteiger partial charge in [0, 0.05) is 5.69 Å². The van der Waals surface area contributed by atoms with Gasteiger partial charge in [-0.05, 0) is 36.4 Å². The van der Waals surface area contributed by atoms with E-state index >= 15 is 0 Å². The van der Waals surface area contributed by atoms with Gasteiger partial charge in [-0.1, -0.05) is 35.3 Å². The molecule has 0 aliphatic heterocycles. The zero-order valence-electron chi connectivity index (χ0n) is 11.8. The molecule has 0 fully saturated rings. The number of hydrogen-bond acceptors (Lipinski definition) is 3. The number of phenols is 1. The second-order valence-electron chi connectivity index (χ2n) is 4.89. The Kier molecular flexibility index (Phi) is 4.46. The first kappa shape index (κ1) is 15.7. The van der Waals surface area contributed by atoms with E-state index in [1.165, 1.54) is 6.07 Å². The van der Waals surface area contributed by atoms with Crippen molar-refractivity contribution in [2.24, 2.45) is 0 Å². The van der Waals surface area contributed by atoms with Crippen LogP contribution in [0.3, 0.4) is 0 Å². The Hall–Kier alpha value is -2.17. The molecule has 0 atom stereocenters. The smallest absolute Gasteiger partial charge is 0.152 e. The lowest BCUT2D eigenvalue weighted by atomic mass is 10.1. The Balaban J connectivity index is 1.74. The monoisotopic (exact) mass is 351 g/mol. The average molecular weight is 352 g/mol. The van der Waals surface area contributed by atoms with Crippen molar-refractivity contribution in [1.82, 2.24) is 0 Å². The molecule has 23 heavy (non-hydrogen) atoms. The van der Waals surface area contributed by atoms with Gasteiger partial charge in [-0.2, -0.15) is 0 Å². The third-order valence-corrected chi connectivity index (χ3v) is 3.86. The minimum absolute atomic E-state index is 0.154. The fraction of sp³-hybridized carbons (Fsp3) is 0.0588. The van der Waals surface area contributed by atoms with Gasteiger partial charge in [0.05, 0.1) is 22.2 Å². The maximum Gasteiger partial charge on any atom is 0.152 e. The molecule has 2 aromatic carbocycles. The highest BCUT2D eigenvalue weighted by Gasteiger charge is 2.10. The molecule has 6 heteroatoms. The topological polar surface area (TPSA) is 45.4 Å². The number of nitrogens with one attached hydrogen (secondary N) is 1. The third kappa shape index (κ3) is 3.44. The average Bonchev–Trinajstić information content (AvgIpc) is 2.99. The first-order valence-corrected chi connectivity index (χ1v) is 7.55. The summed E-state index contributed by atoms with van der Waals surface area (Å²) in [6, 6.07) is 13.0. The molecule has 1 aromatic heterocycles. The molecule has 0 aliphatic rings. The largest absolute Gasteiger partial charge is 0.505 e. The maximum absolute atomic E-state index is 13.7. The van der Waals surface area contributed by atoms with Crippen LogP contribution < -0.4 is 5.32 Å². The Morgan fingerprint density at radius 2 is 1.74 bits per heavy atom. The van der Waals surface area contributed by atoms with Crippen LogP contribution in [0.5, 0.6) is 5.75 Å². The lowest BCUT2D eigenvalue weighted by molar-refractivity contribution is 0.476. The van der Waals surface area contributed by atoms with Crippen molar-refractivity contribution in [2.75, 3.05) is 5.32 Å². The fourth-order valence-corrected chi connectivity index (χ4v) is 2.62. The lowest BCUT2D eigenvalue weighted by Gasteiger charge is -2.07. The first-order chi connectivity index (χ1) is 11.0. The lowest BCUT2D eigenvalue weighted by Crippen LogP contribution is -1.98. The molecule has 0 bridgehead atoms. The number of benzene rings is 2. The molecular formula is C17H12Cl2FNO2. The minimum atomic E-state index is -0.335. The van der Waals surface area contributed by atoms with Gasteiger partial charge in [0.15, 0.2) is 5.75 Å².